The van der Waals surface area contributed by atoms with E-state index in [1.165, 1.54) is 6.33 Å². The standard InChI is InChI=1S/C13H21N3O/c1-9(2)11(12(17)13(3,4)5)16-10-6-7-14-8-15-10/h6-9,11H,1-5H3,(H,14,15,16)/t11-/m0/s1. The normalized spacial score (nSPS) is 13.5. The third-order valence-electron chi connectivity index (χ3n) is 2.57. The van der Waals surface area contributed by atoms with E-state index in [0.29, 0.717) is 5.82 Å². The van der Waals surface area contributed by atoms with Gasteiger partial charge in [0.15, 0.2) is 5.78 Å². The highest BCUT2D eigenvalue weighted by atomic mass is 16.1. The molecule has 1 rings (SSSR count). The van der Waals surface area contributed by atoms with E-state index in [0.717, 1.165) is 0 Å². The van der Waals surface area contributed by atoms with Gasteiger partial charge in [-0.3, -0.25) is 4.79 Å². The minimum atomic E-state index is -0.352. The molecule has 0 aliphatic heterocycles. The number of nitrogens with one attached hydrogen (secondary N) is 1. The lowest BCUT2D eigenvalue weighted by molar-refractivity contribution is -0.127. The number of rotatable bonds is 4. The van der Waals surface area contributed by atoms with Crippen molar-refractivity contribution in [2.45, 2.75) is 40.7 Å². The summed E-state index contributed by atoms with van der Waals surface area (Å²) in [7, 11) is 0. The summed E-state index contributed by atoms with van der Waals surface area (Å²) in [6.07, 6.45) is 3.13. The molecule has 0 amide bonds. The average molecular weight is 235 g/mol. The van der Waals surface area contributed by atoms with Crippen LogP contribution in [-0.4, -0.2) is 21.8 Å². The number of aromatic nitrogens is 2. The van der Waals surface area contributed by atoms with E-state index in [1.807, 2.05) is 34.6 Å². The van der Waals surface area contributed by atoms with E-state index in [4.69, 9.17) is 0 Å². The Balaban J connectivity index is 2.85. The molecule has 1 atom stereocenters. The Morgan fingerprint density at radius 3 is 2.41 bits per heavy atom. The van der Waals surface area contributed by atoms with Gasteiger partial charge in [-0.2, -0.15) is 0 Å². The first-order valence-corrected chi connectivity index (χ1v) is 5.89. The molecule has 0 bridgehead atoms. The SMILES string of the molecule is CC(C)[C@H](Nc1ccncn1)C(=O)C(C)(C)C. The van der Waals surface area contributed by atoms with E-state index in [1.54, 1.807) is 12.3 Å². The summed E-state index contributed by atoms with van der Waals surface area (Å²) in [6, 6.07) is 1.55. The van der Waals surface area contributed by atoms with Gasteiger partial charge in [-0.05, 0) is 12.0 Å². The van der Waals surface area contributed by atoms with Crippen LogP contribution in [0.5, 0.6) is 0 Å². The fraction of sp³-hybridized carbons (Fsp3) is 0.615. The minimum absolute atomic E-state index is 0.200. The molecule has 1 aromatic rings. The lowest BCUT2D eigenvalue weighted by atomic mass is 9.82. The Labute approximate surface area is 103 Å². The number of hydrogen-bond donors (Lipinski definition) is 1. The van der Waals surface area contributed by atoms with Crippen molar-refractivity contribution in [2.24, 2.45) is 11.3 Å². The molecule has 17 heavy (non-hydrogen) atoms. The highest BCUT2D eigenvalue weighted by Gasteiger charge is 2.31. The first kappa shape index (κ1) is 13.6. The van der Waals surface area contributed by atoms with E-state index in [2.05, 4.69) is 15.3 Å². The predicted molar refractivity (Wildman–Crippen MR) is 68.7 cm³/mol. The summed E-state index contributed by atoms with van der Waals surface area (Å²) >= 11 is 0. The monoisotopic (exact) mass is 235 g/mol. The summed E-state index contributed by atoms with van der Waals surface area (Å²) in [4.78, 5) is 20.3. The zero-order chi connectivity index (χ0) is 13.1. The van der Waals surface area contributed by atoms with Crippen molar-refractivity contribution in [1.82, 2.24) is 9.97 Å². The van der Waals surface area contributed by atoms with E-state index >= 15 is 0 Å². The summed E-state index contributed by atoms with van der Waals surface area (Å²) in [5.41, 5.74) is -0.352. The number of anilines is 1. The third kappa shape index (κ3) is 3.80. The quantitative estimate of drug-likeness (QED) is 0.871. The molecule has 0 aliphatic rings. The number of Topliss-reactive ketones (excluding diaryl/α,β-unsaturated/α-hetero) is 1. The molecule has 94 valence electrons. The fourth-order valence-corrected chi connectivity index (χ4v) is 1.54. The zero-order valence-electron chi connectivity index (χ0n) is 11.2. The van der Waals surface area contributed by atoms with Gasteiger partial charge in [0.05, 0.1) is 6.04 Å². The Hall–Kier alpha value is -1.45. The van der Waals surface area contributed by atoms with Crippen molar-refractivity contribution >= 4 is 11.6 Å². The highest BCUT2D eigenvalue weighted by molar-refractivity contribution is 5.91. The zero-order valence-corrected chi connectivity index (χ0v) is 11.2. The van der Waals surface area contributed by atoms with Crippen LogP contribution in [0, 0.1) is 11.3 Å². The van der Waals surface area contributed by atoms with Gasteiger partial charge in [0.2, 0.25) is 0 Å². The van der Waals surface area contributed by atoms with Crippen LogP contribution in [0.3, 0.4) is 0 Å². The van der Waals surface area contributed by atoms with Gasteiger partial charge >= 0.3 is 0 Å². The lowest BCUT2D eigenvalue weighted by Gasteiger charge is -2.28. The van der Waals surface area contributed by atoms with Crippen LogP contribution in [0.2, 0.25) is 0 Å². The van der Waals surface area contributed by atoms with Gasteiger partial charge in [-0.15, -0.1) is 0 Å². The second kappa shape index (κ2) is 5.25. The second-order valence-corrected chi connectivity index (χ2v) is 5.57. The summed E-state index contributed by atoms with van der Waals surface area (Å²) in [5.74, 6) is 1.11. The number of ketones is 1. The van der Waals surface area contributed by atoms with Gasteiger partial charge in [0.25, 0.3) is 0 Å². The molecule has 1 aromatic heterocycles. The van der Waals surface area contributed by atoms with Crippen molar-refractivity contribution < 1.29 is 4.79 Å². The molecule has 4 heteroatoms. The van der Waals surface area contributed by atoms with Crippen LogP contribution >= 0.6 is 0 Å². The second-order valence-electron chi connectivity index (χ2n) is 5.57. The minimum Gasteiger partial charge on any atom is -0.360 e. The van der Waals surface area contributed by atoms with Gasteiger partial charge in [0.1, 0.15) is 12.1 Å². The maximum Gasteiger partial charge on any atom is 0.160 e. The van der Waals surface area contributed by atoms with Gasteiger partial charge in [0, 0.05) is 11.6 Å². The Morgan fingerprint density at radius 2 is 2.00 bits per heavy atom. The molecule has 1 N–H and O–H groups in total. The number of carbonyl (C=O) groups is 1. The molecule has 4 nitrogen and oxygen atoms in total. The van der Waals surface area contributed by atoms with Crippen LogP contribution in [0.25, 0.3) is 0 Å². The molecular formula is C13H21N3O. The lowest BCUT2D eigenvalue weighted by Crippen LogP contribution is -2.41. The third-order valence-corrected chi connectivity index (χ3v) is 2.57. The van der Waals surface area contributed by atoms with Crippen LogP contribution < -0.4 is 5.32 Å². The maximum absolute atomic E-state index is 12.3. The summed E-state index contributed by atoms with van der Waals surface area (Å²) in [6.45, 7) is 9.87. The van der Waals surface area contributed by atoms with E-state index < -0.39 is 0 Å². The maximum atomic E-state index is 12.3. The molecule has 0 aromatic carbocycles. The fourth-order valence-electron chi connectivity index (χ4n) is 1.54. The Bertz CT molecular complexity index is 368. The smallest absolute Gasteiger partial charge is 0.160 e. The molecule has 0 saturated heterocycles. The first-order chi connectivity index (χ1) is 7.82. The molecule has 0 aliphatic carbocycles. The van der Waals surface area contributed by atoms with E-state index in [-0.39, 0.29) is 23.2 Å². The number of hydrogen-bond acceptors (Lipinski definition) is 4. The van der Waals surface area contributed by atoms with Crippen molar-refractivity contribution in [3.8, 4) is 0 Å². The van der Waals surface area contributed by atoms with E-state index in [9.17, 15) is 4.79 Å². The van der Waals surface area contributed by atoms with Crippen molar-refractivity contribution in [3.63, 3.8) is 0 Å². The number of nitrogens with zero attached hydrogens (tertiary/aromatic N) is 2. The Morgan fingerprint density at radius 1 is 1.35 bits per heavy atom. The van der Waals surface area contributed by atoms with Gasteiger partial charge < -0.3 is 5.32 Å². The predicted octanol–water partition coefficient (Wildman–Crippen LogP) is 2.53. The summed E-state index contributed by atoms with van der Waals surface area (Å²) < 4.78 is 0. The Kier molecular flexibility index (Phi) is 4.21. The topological polar surface area (TPSA) is 54.9 Å². The van der Waals surface area contributed by atoms with Crippen molar-refractivity contribution in [3.05, 3.63) is 18.6 Å². The van der Waals surface area contributed by atoms with Crippen LogP contribution in [0.4, 0.5) is 5.82 Å². The van der Waals surface area contributed by atoms with Gasteiger partial charge in [-0.1, -0.05) is 34.6 Å². The van der Waals surface area contributed by atoms with Crippen molar-refractivity contribution in [2.75, 3.05) is 5.32 Å². The first-order valence-electron chi connectivity index (χ1n) is 5.89. The van der Waals surface area contributed by atoms with Crippen LogP contribution in [0.1, 0.15) is 34.6 Å². The molecule has 0 saturated carbocycles. The molecule has 0 spiro atoms. The summed E-state index contributed by atoms with van der Waals surface area (Å²) in [5, 5.41) is 3.18. The van der Waals surface area contributed by atoms with Crippen molar-refractivity contribution in [1.29, 1.82) is 0 Å². The molecule has 0 unspecified atom stereocenters. The average Bonchev–Trinajstić information content (AvgIpc) is 2.24. The molecular weight excluding hydrogens is 214 g/mol. The van der Waals surface area contributed by atoms with Crippen LogP contribution in [0.15, 0.2) is 18.6 Å². The number of carbonyl (C=O) groups excluding carboxylic acids is 1. The highest BCUT2D eigenvalue weighted by Crippen LogP contribution is 2.22. The molecule has 0 radical (unpaired) electrons. The molecule has 1 heterocycles. The molecule has 0 fully saturated rings. The van der Waals surface area contributed by atoms with Gasteiger partial charge in [-0.25, -0.2) is 9.97 Å². The van der Waals surface area contributed by atoms with Crippen LogP contribution in [-0.2, 0) is 4.79 Å². The largest absolute Gasteiger partial charge is 0.360 e.